The van der Waals surface area contributed by atoms with Crippen LogP contribution in [-0.4, -0.2) is 122 Å². The molecule has 1 aromatic carbocycles. The molecule has 3 rings (SSSR count). The third-order valence-corrected chi connectivity index (χ3v) is 6.57. The second-order valence-electron chi connectivity index (χ2n) is 9.64. The van der Waals surface area contributed by atoms with E-state index in [-0.39, 0.29) is 0 Å². The number of rotatable bonds is 6. The maximum atomic E-state index is 5.52. The lowest BCUT2D eigenvalue weighted by atomic mass is 10.0. The van der Waals surface area contributed by atoms with Crippen LogP contribution >= 0.6 is 0 Å². The van der Waals surface area contributed by atoms with Gasteiger partial charge >= 0.3 is 0 Å². The van der Waals surface area contributed by atoms with E-state index in [1.807, 2.05) is 0 Å². The lowest BCUT2D eigenvalue weighted by Gasteiger charge is -2.26. The minimum absolute atomic E-state index is 0.660. The number of benzene rings is 1. The standard InChI is InChI=1S/C26H50N8O/c1-35-23-26-19-24(21-33-14-10-29-6-2-27-3-7-30-11-15-33)18-25(20-26)22-34-16-12-31-8-4-28-5-9-32-13-17-34/h18-20,27-32H,2-17,21-23H2,1H3. The fourth-order valence-electron chi connectivity index (χ4n) is 4.73. The molecule has 0 radical (unpaired) electrons. The van der Waals surface area contributed by atoms with E-state index in [0.717, 1.165) is 118 Å². The first-order chi connectivity index (χ1) is 17.3. The molecule has 0 unspecified atom stereocenters. The van der Waals surface area contributed by atoms with Crippen molar-refractivity contribution in [2.24, 2.45) is 0 Å². The second kappa shape index (κ2) is 18.2. The predicted octanol–water partition coefficient (Wildman–Crippen LogP) is -0.998. The predicted molar refractivity (Wildman–Crippen MR) is 145 cm³/mol. The molecular weight excluding hydrogens is 440 g/mol. The fourth-order valence-corrected chi connectivity index (χ4v) is 4.73. The minimum Gasteiger partial charge on any atom is -0.380 e. The van der Waals surface area contributed by atoms with Gasteiger partial charge < -0.3 is 36.6 Å². The van der Waals surface area contributed by atoms with Crippen LogP contribution in [0.4, 0.5) is 0 Å². The second-order valence-corrected chi connectivity index (χ2v) is 9.64. The van der Waals surface area contributed by atoms with Gasteiger partial charge in [-0.25, -0.2) is 0 Å². The molecule has 2 aliphatic heterocycles. The van der Waals surface area contributed by atoms with E-state index in [1.165, 1.54) is 16.7 Å². The Bertz CT molecular complexity index is 603. The molecule has 2 heterocycles. The maximum Gasteiger partial charge on any atom is 0.0713 e. The molecule has 0 spiro atoms. The van der Waals surface area contributed by atoms with Crippen molar-refractivity contribution in [2.45, 2.75) is 19.7 Å². The highest BCUT2D eigenvalue weighted by molar-refractivity contribution is 5.30. The van der Waals surface area contributed by atoms with Gasteiger partial charge in [-0.2, -0.15) is 0 Å². The summed E-state index contributed by atoms with van der Waals surface area (Å²) in [5.74, 6) is 0. The van der Waals surface area contributed by atoms with Crippen molar-refractivity contribution >= 4 is 0 Å². The molecule has 0 atom stereocenters. The van der Waals surface area contributed by atoms with Gasteiger partial charge in [-0.15, -0.1) is 0 Å². The normalized spacial score (nSPS) is 21.9. The molecule has 2 aliphatic rings. The molecule has 0 aromatic heterocycles. The highest BCUT2D eigenvalue weighted by Gasteiger charge is 2.12. The van der Waals surface area contributed by atoms with Crippen LogP contribution in [0.5, 0.6) is 0 Å². The van der Waals surface area contributed by atoms with Gasteiger partial charge in [0.1, 0.15) is 0 Å². The zero-order valence-corrected chi connectivity index (χ0v) is 22.0. The molecule has 0 bridgehead atoms. The number of nitrogens with one attached hydrogen (secondary N) is 6. The maximum absolute atomic E-state index is 5.52. The first kappa shape index (κ1) is 28.4. The fraction of sp³-hybridized carbons (Fsp3) is 0.769. The third kappa shape index (κ3) is 12.6. The number of ether oxygens (including phenoxy) is 1. The first-order valence-corrected chi connectivity index (χ1v) is 13.6. The Kier molecular flexibility index (Phi) is 14.7. The van der Waals surface area contributed by atoms with Gasteiger partial charge in [0.15, 0.2) is 0 Å². The number of hydrogen-bond acceptors (Lipinski definition) is 9. The highest BCUT2D eigenvalue weighted by Crippen LogP contribution is 2.16. The molecule has 2 saturated heterocycles. The van der Waals surface area contributed by atoms with Crippen molar-refractivity contribution in [3.63, 3.8) is 0 Å². The topological polar surface area (TPSA) is 87.9 Å². The van der Waals surface area contributed by atoms with Crippen molar-refractivity contribution < 1.29 is 4.74 Å². The van der Waals surface area contributed by atoms with E-state index < -0.39 is 0 Å². The van der Waals surface area contributed by atoms with E-state index in [9.17, 15) is 0 Å². The monoisotopic (exact) mass is 490 g/mol. The third-order valence-electron chi connectivity index (χ3n) is 6.57. The van der Waals surface area contributed by atoms with E-state index in [1.54, 1.807) is 7.11 Å². The summed E-state index contributed by atoms with van der Waals surface area (Å²) in [6.45, 7) is 19.2. The zero-order valence-electron chi connectivity index (χ0n) is 22.0. The molecular formula is C26H50N8O. The van der Waals surface area contributed by atoms with Crippen LogP contribution in [0, 0.1) is 0 Å². The van der Waals surface area contributed by atoms with Crippen molar-refractivity contribution in [3.05, 3.63) is 34.9 Å². The van der Waals surface area contributed by atoms with E-state index in [2.05, 4.69) is 59.9 Å². The molecule has 6 N–H and O–H groups in total. The lowest BCUT2D eigenvalue weighted by molar-refractivity contribution is 0.184. The number of hydrogen-bond donors (Lipinski definition) is 6. The van der Waals surface area contributed by atoms with Gasteiger partial charge in [0.05, 0.1) is 6.61 Å². The molecule has 35 heavy (non-hydrogen) atoms. The number of nitrogens with zero attached hydrogens (tertiary/aromatic N) is 2. The Labute approximate surface area is 213 Å². The van der Waals surface area contributed by atoms with E-state index in [4.69, 9.17) is 4.74 Å². The molecule has 9 nitrogen and oxygen atoms in total. The summed E-state index contributed by atoms with van der Waals surface area (Å²) in [5, 5.41) is 21.2. The average Bonchev–Trinajstić information content (AvgIpc) is 2.83. The van der Waals surface area contributed by atoms with Crippen LogP contribution < -0.4 is 31.9 Å². The van der Waals surface area contributed by atoms with Crippen LogP contribution in [0.25, 0.3) is 0 Å². The van der Waals surface area contributed by atoms with Crippen molar-refractivity contribution in [2.75, 3.05) is 112 Å². The van der Waals surface area contributed by atoms with Crippen LogP contribution in [0.1, 0.15) is 16.7 Å². The van der Waals surface area contributed by atoms with Crippen molar-refractivity contribution in [3.8, 4) is 0 Å². The molecule has 9 heteroatoms. The summed E-state index contributed by atoms with van der Waals surface area (Å²) in [4.78, 5) is 5.14. The largest absolute Gasteiger partial charge is 0.380 e. The zero-order chi connectivity index (χ0) is 24.4. The summed E-state index contributed by atoms with van der Waals surface area (Å²) >= 11 is 0. The molecule has 1 aromatic rings. The molecule has 200 valence electrons. The molecule has 0 saturated carbocycles. The number of methoxy groups -OCH3 is 1. The average molecular weight is 491 g/mol. The summed E-state index contributed by atoms with van der Waals surface area (Å²) in [5.41, 5.74) is 4.05. The Morgan fingerprint density at radius 1 is 0.514 bits per heavy atom. The quantitative estimate of drug-likeness (QED) is 0.301. The van der Waals surface area contributed by atoms with Gasteiger partial charge in [-0.05, 0) is 16.7 Å². The summed E-state index contributed by atoms with van der Waals surface area (Å²) in [7, 11) is 1.79. The van der Waals surface area contributed by atoms with Crippen LogP contribution in [0.15, 0.2) is 18.2 Å². The lowest BCUT2D eigenvalue weighted by Crippen LogP contribution is -2.41. The van der Waals surface area contributed by atoms with Crippen molar-refractivity contribution in [1.29, 1.82) is 0 Å². The van der Waals surface area contributed by atoms with Gasteiger partial charge in [-0.1, -0.05) is 18.2 Å². The van der Waals surface area contributed by atoms with Gasteiger partial charge in [-0.3, -0.25) is 9.80 Å². The smallest absolute Gasteiger partial charge is 0.0713 e. The van der Waals surface area contributed by atoms with Crippen molar-refractivity contribution in [1.82, 2.24) is 41.7 Å². The Hall–Kier alpha value is -1.14. The van der Waals surface area contributed by atoms with Crippen LogP contribution in [-0.2, 0) is 24.4 Å². The molecule has 0 amide bonds. The Balaban J connectivity index is 1.63. The van der Waals surface area contributed by atoms with Gasteiger partial charge in [0.25, 0.3) is 0 Å². The molecule has 0 aliphatic carbocycles. The summed E-state index contributed by atoms with van der Waals surface area (Å²) < 4.78 is 5.52. The SMILES string of the molecule is COCc1cc(CN2CCNCCNCCNCC2)cc(CN2CCNCCNCCNCC2)c1. The summed E-state index contributed by atoms with van der Waals surface area (Å²) in [6, 6.07) is 7.08. The van der Waals surface area contributed by atoms with Crippen LogP contribution in [0.2, 0.25) is 0 Å². The van der Waals surface area contributed by atoms with E-state index >= 15 is 0 Å². The Morgan fingerprint density at radius 2 is 0.829 bits per heavy atom. The van der Waals surface area contributed by atoms with Crippen LogP contribution in [0.3, 0.4) is 0 Å². The first-order valence-electron chi connectivity index (χ1n) is 13.6. The minimum atomic E-state index is 0.660. The highest BCUT2D eigenvalue weighted by atomic mass is 16.5. The summed E-state index contributed by atoms with van der Waals surface area (Å²) in [6.07, 6.45) is 0. The molecule has 2 fully saturated rings. The van der Waals surface area contributed by atoms with Gasteiger partial charge in [0.2, 0.25) is 0 Å². The van der Waals surface area contributed by atoms with E-state index in [0.29, 0.717) is 6.61 Å². The Morgan fingerprint density at radius 3 is 1.17 bits per heavy atom. The van der Waals surface area contributed by atoms with Gasteiger partial charge in [0, 0.05) is 125 Å².